The topological polar surface area (TPSA) is 44.8 Å². The Labute approximate surface area is 147 Å². The van der Waals surface area contributed by atoms with E-state index < -0.39 is 0 Å². The van der Waals surface area contributed by atoms with Crippen LogP contribution in [-0.2, 0) is 9.53 Å². The number of thiocarbonyl (C=S) groups is 1. The monoisotopic (exact) mass is 355 g/mol. The lowest BCUT2D eigenvalue weighted by Gasteiger charge is -2.35. The van der Waals surface area contributed by atoms with Crippen LogP contribution < -0.4 is 5.32 Å². The maximum Gasteiger partial charge on any atom is 0.320 e. The fraction of sp³-hybridized carbons (Fsp3) is 0.500. The first kappa shape index (κ1) is 18.0. The summed E-state index contributed by atoms with van der Waals surface area (Å²) >= 11 is 11.5. The van der Waals surface area contributed by atoms with Gasteiger partial charge in [-0.15, -0.1) is 0 Å². The summed E-state index contributed by atoms with van der Waals surface area (Å²) in [5.74, 6) is -0.168. The van der Waals surface area contributed by atoms with Crippen LogP contribution in [-0.4, -0.2) is 60.2 Å². The SMILES string of the molecule is CCOC(=O)CN1CCN(C(=S)Nc2ccc(Cl)cc2C)CC1. The number of esters is 1. The van der Waals surface area contributed by atoms with Crippen LogP contribution in [0.4, 0.5) is 5.69 Å². The van der Waals surface area contributed by atoms with Gasteiger partial charge in [-0.05, 0) is 49.8 Å². The zero-order valence-corrected chi connectivity index (χ0v) is 15.0. The number of ether oxygens (including phenoxy) is 1. The summed E-state index contributed by atoms with van der Waals surface area (Å²) in [6.07, 6.45) is 0. The Kier molecular flexibility index (Phi) is 6.62. The Balaban J connectivity index is 1.82. The molecule has 0 aliphatic carbocycles. The molecule has 0 bridgehead atoms. The molecule has 0 spiro atoms. The van der Waals surface area contributed by atoms with Crippen LogP contribution in [0.3, 0.4) is 0 Å². The molecule has 0 amide bonds. The van der Waals surface area contributed by atoms with Gasteiger partial charge in [0.25, 0.3) is 0 Å². The Morgan fingerprint density at radius 2 is 2.04 bits per heavy atom. The van der Waals surface area contributed by atoms with Crippen LogP contribution in [0.2, 0.25) is 5.02 Å². The fourth-order valence-electron chi connectivity index (χ4n) is 2.46. The van der Waals surface area contributed by atoms with Crippen LogP contribution in [0.15, 0.2) is 18.2 Å². The molecule has 126 valence electrons. The van der Waals surface area contributed by atoms with E-state index in [-0.39, 0.29) is 5.97 Å². The van der Waals surface area contributed by atoms with Crippen LogP contribution in [0, 0.1) is 6.92 Å². The summed E-state index contributed by atoms with van der Waals surface area (Å²) < 4.78 is 4.98. The molecule has 1 aromatic rings. The van der Waals surface area contributed by atoms with Crippen molar-refractivity contribution in [3.8, 4) is 0 Å². The molecule has 0 radical (unpaired) electrons. The minimum absolute atomic E-state index is 0.168. The van der Waals surface area contributed by atoms with Gasteiger partial charge in [0, 0.05) is 36.9 Å². The first-order valence-corrected chi connectivity index (χ1v) is 8.48. The van der Waals surface area contributed by atoms with Crippen LogP contribution in [0.1, 0.15) is 12.5 Å². The number of benzene rings is 1. The highest BCUT2D eigenvalue weighted by molar-refractivity contribution is 7.80. The van der Waals surface area contributed by atoms with E-state index in [0.29, 0.717) is 23.3 Å². The van der Waals surface area contributed by atoms with Crippen molar-refractivity contribution in [1.29, 1.82) is 0 Å². The molecule has 1 fully saturated rings. The van der Waals surface area contributed by atoms with Crippen molar-refractivity contribution in [2.45, 2.75) is 13.8 Å². The predicted octanol–water partition coefficient (Wildman–Crippen LogP) is 2.53. The van der Waals surface area contributed by atoms with Gasteiger partial charge in [0.15, 0.2) is 5.11 Å². The van der Waals surface area contributed by atoms with Crippen molar-refractivity contribution in [3.05, 3.63) is 28.8 Å². The second-order valence-electron chi connectivity index (χ2n) is 5.46. The molecule has 1 aromatic carbocycles. The van der Waals surface area contributed by atoms with Crippen molar-refractivity contribution >= 4 is 40.6 Å². The standard InChI is InChI=1S/C16H22ClN3O2S/c1-3-22-15(21)11-19-6-8-20(9-7-19)16(23)18-14-5-4-13(17)10-12(14)2/h4-5,10H,3,6-9,11H2,1-2H3,(H,18,23). The van der Waals surface area contributed by atoms with Crippen molar-refractivity contribution in [1.82, 2.24) is 9.80 Å². The number of nitrogens with zero attached hydrogens (tertiary/aromatic N) is 2. The van der Waals surface area contributed by atoms with E-state index in [9.17, 15) is 4.79 Å². The molecule has 1 heterocycles. The summed E-state index contributed by atoms with van der Waals surface area (Å²) in [5.41, 5.74) is 2.02. The van der Waals surface area contributed by atoms with E-state index in [1.165, 1.54) is 0 Å². The molecule has 1 saturated heterocycles. The second kappa shape index (κ2) is 8.47. The zero-order chi connectivity index (χ0) is 16.8. The average Bonchev–Trinajstić information content (AvgIpc) is 2.51. The minimum Gasteiger partial charge on any atom is -0.465 e. The summed E-state index contributed by atoms with van der Waals surface area (Å²) in [6, 6.07) is 5.68. The first-order chi connectivity index (χ1) is 11.0. The van der Waals surface area contributed by atoms with Crippen molar-refractivity contribution in [2.75, 3.05) is 44.6 Å². The summed E-state index contributed by atoms with van der Waals surface area (Å²) in [4.78, 5) is 15.7. The fourth-order valence-corrected chi connectivity index (χ4v) is 2.98. The highest BCUT2D eigenvalue weighted by atomic mass is 35.5. The van der Waals surface area contributed by atoms with Gasteiger partial charge in [-0.25, -0.2) is 0 Å². The molecule has 2 rings (SSSR count). The van der Waals surface area contributed by atoms with Gasteiger partial charge in [0.2, 0.25) is 0 Å². The lowest BCUT2D eigenvalue weighted by atomic mass is 10.2. The number of nitrogens with one attached hydrogen (secondary N) is 1. The van der Waals surface area contributed by atoms with Crippen molar-refractivity contribution in [3.63, 3.8) is 0 Å². The molecule has 5 nitrogen and oxygen atoms in total. The molecule has 0 aromatic heterocycles. The molecule has 0 saturated carbocycles. The maximum atomic E-state index is 11.5. The van der Waals surface area contributed by atoms with Crippen LogP contribution in [0.5, 0.6) is 0 Å². The highest BCUT2D eigenvalue weighted by Gasteiger charge is 2.21. The number of piperazine rings is 1. The summed E-state index contributed by atoms with van der Waals surface area (Å²) in [6.45, 7) is 7.74. The number of carbonyl (C=O) groups excluding carboxylic acids is 1. The van der Waals surface area contributed by atoms with Gasteiger partial charge in [-0.3, -0.25) is 9.69 Å². The Morgan fingerprint density at radius 3 is 2.65 bits per heavy atom. The third kappa shape index (κ3) is 5.34. The largest absolute Gasteiger partial charge is 0.465 e. The van der Waals surface area contributed by atoms with Gasteiger partial charge in [-0.1, -0.05) is 11.6 Å². The number of hydrogen-bond acceptors (Lipinski definition) is 4. The molecular formula is C16H22ClN3O2S. The number of hydrogen-bond donors (Lipinski definition) is 1. The minimum atomic E-state index is -0.168. The van der Waals surface area contributed by atoms with Crippen molar-refractivity contribution < 1.29 is 9.53 Å². The van der Waals surface area contributed by atoms with Crippen LogP contribution >= 0.6 is 23.8 Å². The second-order valence-corrected chi connectivity index (χ2v) is 6.28. The number of aryl methyl sites for hydroxylation is 1. The molecule has 1 aliphatic rings. The van der Waals surface area contributed by atoms with E-state index >= 15 is 0 Å². The number of rotatable bonds is 4. The quantitative estimate of drug-likeness (QED) is 0.661. The number of carbonyl (C=O) groups is 1. The number of halogens is 1. The van der Waals surface area contributed by atoms with Crippen molar-refractivity contribution in [2.24, 2.45) is 0 Å². The highest BCUT2D eigenvalue weighted by Crippen LogP contribution is 2.20. The smallest absolute Gasteiger partial charge is 0.320 e. The van der Waals surface area contributed by atoms with E-state index in [2.05, 4.69) is 15.1 Å². The van der Waals surface area contributed by atoms with E-state index in [4.69, 9.17) is 28.6 Å². The van der Waals surface area contributed by atoms with Gasteiger partial charge in [0.1, 0.15) is 0 Å². The maximum absolute atomic E-state index is 11.5. The Hall–Kier alpha value is -1.37. The molecule has 7 heteroatoms. The third-order valence-corrected chi connectivity index (χ3v) is 4.34. The van der Waals surface area contributed by atoms with E-state index in [1.807, 2.05) is 32.0 Å². The van der Waals surface area contributed by atoms with Gasteiger partial charge < -0.3 is 15.0 Å². The molecule has 0 unspecified atom stereocenters. The molecule has 1 N–H and O–H groups in total. The first-order valence-electron chi connectivity index (χ1n) is 7.69. The Bertz CT molecular complexity index is 574. The summed E-state index contributed by atoms with van der Waals surface area (Å²) in [7, 11) is 0. The summed E-state index contributed by atoms with van der Waals surface area (Å²) in [5, 5.41) is 4.69. The van der Waals surface area contributed by atoms with Crippen LogP contribution in [0.25, 0.3) is 0 Å². The molecule has 23 heavy (non-hydrogen) atoms. The Morgan fingerprint density at radius 1 is 1.35 bits per heavy atom. The number of anilines is 1. The third-order valence-electron chi connectivity index (χ3n) is 3.75. The molecular weight excluding hydrogens is 334 g/mol. The van der Waals surface area contributed by atoms with E-state index in [1.54, 1.807) is 0 Å². The van der Waals surface area contributed by atoms with Gasteiger partial charge in [-0.2, -0.15) is 0 Å². The lowest BCUT2D eigenvalue weighted by molar-refractivity contribution is -0.144. The molecule has 1 aliphatic heterocycles. The lowest BCUT2D eigenvalue weighted by Crippen LogP contribution is -2.51. The molecule has 0 atom stereocenters. The van der Waals surface area contributed by atoms with Gasteiger partial charge in [0.05, 0.1) is 13.2 Å². The predicted molar refractivity (Wildman–Crippen MR) is 97.1 cm³/mol. The zero-order valence-electron chi connectivity index (χ0n) is 13.5. The average molecular weight is 356 g/mol. The van der Waals surface area contributed by atoms with Gasteiger partial charge >= 0.3 is 5.97 Å². The van der Waals surface area contributed by atoms with E-state index in [0.717, 1.165) is 37.4 Å². The normalized spacial score (nSPS) is 15.3.